The molecule has 9 heteroatoms. The number of rotatable bonds is 12. The van der Waals surface area contributed by atoms with Crippen LogP contribution in [0, 0.1) is 5.92 Å². The van der Waals surface area contributed by atoms with Crippen LogP contribution in [-0.2, 0) is 12.8 Å². The number of aliphatic hydroxyl groups is 1. The summed E-state index contributed by atoms with van der Waals surface area (Å²) in [5, 5.41) is 67.4. The first-order valence-corrected chi connectivity index (χ1v) is 13.4. The normalized spacial score (nSPS) is 12.6. The van der Waals surface area contributed by atoms with Gasteiger partial charge in [0.1, 0.15) is 45.6 Å². The van der Waals surface area contributed by atoms with Gasteiger partial charge in [-0.1, -0.05) is 37.6 Å². The summed E-state index contributed by atoms with van der Waals surface area (Å²) in [6.45, 7) is 15.0. The molecule has 0 amide bonds. The van der Waals surface area contributed by atoms with Gasteiger partial charge in [-0.3, -0.25) is 9.59 Å². The molecule has 2 rings (SSSR count). The van der Waals surface area contributed by atoms with Crippen LogP contribution >= 0.6 is 0 Å². The van der Waals surface area contributed by atoms with Crippen LogP contribution in [0.5, 0.6) is 34.5 Å². The zero-order valence-electron chi connectivity index (χ0n) is 25.0. The highest BCUT2D eigenvalue weighted by atomic mass is 16.5. The van der Waals surface area contributed by atoms with Gasteiger partial charge in [-0.15, -0.1) is 0 Å². The fourth-order valence-corrected chi connectivity index (χ4v) is 5.01. The van der Waals surface area contributed by atoms with E-state index in [0.29, 0.717) is 5.57 Å². The number of hydrogen-bond acceptors (Lipinski definition) is 9. The van der Waals surface area contributed by atoms with Gasteiger partial charge in [0.2, 0.25) is 0 Å². The van der Waals surface area contributed by atoms with Crippen LogP contribution in [0.15, 0.2) is 23.8 Å². The van der Waals surface area contributed by atoms with Crippen LogP contribution in [0.1, 0.15) is 104 Å². The van der Waals surface area contributed by atoms with Gasteiger partial charge < -0.3 is 35.4 Å². The molecule has 2 aromatic carbocycles. The zero-order chi connectivity index (χ0) is 31.5. The molecule has 0 aliphatic rings. The van der Waals surface area contributed by atoms with E-state index >= 15 is 0 Å². The molecule has 2 atom stereocenters. The highest BCUT2D eigenvalue weighted by molar-refractivity contribution is 6.02. The Kier molecular flexibility index (Phi) is 10.6. The molecular formula is C32H42O9. The maximum absolute atomic E-state index is 12.8. The van der Waals surface area contributed by atoms with Crippen molar-refractivity contribution >= 4 is 11.6 Å². The first kappa shape index (κ1) is 33.2. The third-order valence-electron chi connectivity index (χ3n) is 7.08. The number of carbonyl (C=O) groups is 2. The van der Waals surface area contributed by atoms with E-state index in [1.165, 1.54) is 14.0 Å². The maximum Gasteiger partial charge on any atom is 0.167 e. The SMILES string of the molecule is C=C(C)[C@@H](O)Cc1c(O)c(C(C)=O)c(O)c(C(CC(C)C)c2c(O)c(CC=C(C)C)c(OC)c(C(C)=O)c2O)c1O. The molecular weight excluding hydrogens is 528 g/mol. The van der Waals surface area contributed by atoms with Gasteiger partial charge in [0.05, 0.1) is 13.2 Å². The van der Waals surface area contributed by atoms with Crippen LogP contribution < -0.4 is 4.74 Å². The molecule has 0 aliphatic carbocycles. The van der Waals surface area contributed by atoms with E-state index in [9.17, 15) is 40.2 Å². The Labute approximate surface area is 241 Å². The van der Waals surface area contributed by atoms with Gasteiger partial charge in [0.25, 0.3) is 0 Å². The molecule has 0 saturated carbocycles. The predicted octanol–water partition coefficient (Wildman–Crippen LogP) is 5.79. The van der Waals surface area contributed by atoms with Crippen molar-refractivity contribution < 1.29 is 45.0 Å². The molecule has 6 N–H and O–H groups in total. The number of allylic oxidation sites excluding steroid dienone is 2. The van der Waals surface area contributed by atoms with E-state index in [-0.39, 0.29) is 58.7 Å². The van der Waals surface area contributed by atoms with Gasteiger partial charge in [0, 0.05) is 34.6 Å². The van der Waals surface area contributed by atoms with Crippen molar-refractivity contribution in [3.05, 3.63) is 57.2 Å². The van der Waals surface area contributed by atoms with Crippen molar-refractivity contribution in [1.29, 1.82) is 0 Å². The Morgan fingerprint density at radius 3 is 1.71 bits per heavy atom. The molecule has 0 fully saturated rings. The predicted molar refractivity (Wildman–Crippen MR) is 157 cm³/mol. The smallest absolute Gasteiger partial charge is 0.167 e. The fourth-order valence-electron chi connectivity index (χ4n) is 5.01. The number of phenols is 5. The number of phenolic OH excluding ortho intramolecular Hbond substituents is 5. The molecule has 41 heavy (non-hydrogen) atoms. The van der Waals surface area contributed by atoms with E-state index in [0.717, 1.165) is 12.5 Å². The van der Waals surface area contributed by atoms with Crippen molar-refractivity contribution in [1.82, 2.24) is 0 Å². The molecule has 0 bridgehead atoms. The third-order valence-corrected chi connectivity index (χ3v) is 7.08. The minimum absolute atomic E-state index is 0.00843. The van der Waals surface area contributed by atoms with Crippen molar-refractivity contribution in [2.24, 2.45) is 5.92 Å². The second kappa shape index (κ2) is 13.1. The van der Waals surface area contributed by atoms with Crippen LogP contribution in [0.2, 0.25) is 0 Å². The molecule has 2 aromatic rings. The first-order valence-electron chi connectivity index (χ1n) is 13.4. The second-order valence-corrected chi connectivity index (χ2v) is 11.2. The quantitative estimate of drug-likeness (QED) is 0.137. The van der Waals surface area contributed by atoms with Crippen molar-refractivity contribution in [3.63, 3.8) is 0 Å². The molecule has 224 valence electrons. The highest BCUT2D eigenvalue weighted by Gasteiger charge is 2.37. The number of aliphatic hydroxyl groups excluding tert-OH is 1. The molecule has 0 heterocycles. The minimum atomic E-state index is -1.20. The Morgan fingerprint density at radius 2 is 1.29 bits per heavy atom. The van der Waals surface area contributed by atoms with Crippen LogP contribution in [-0.4, -0.2) is 55.4 Å². The number of methoxy groups -OCH3 is 1. The lowest BCUT2D eigenvalue weighted by molar-refractivity contribution is 0.0998. The average Bonchev–Trinajstić information content (AvgIpc) is 2.84. The minimum Gasteiger partial charge on any atom is -0.507 e. The van der Waals surface area contributed by atoms with Crippen molar-refractivity contribution in [2.45, 2.75) is 79.8 Å². The molecule has 0 aromatic heterocycles. The van der Waals surface area contributed by atoms with Gasteiger partial charge in [0.15, 0.2) is 11.6 Å². The number of ether oxygens (including phenoxy) is 1. The topological polar surface area (TPSA) is 165 Å². The summed E-state index contributed by atoms with van der Waals surface area (Å²) in [6, 6.07) is 0. The summed E-state index contributed by atoms with van der Waals surface area (Å²) in [6.07, 6.45) is 0.538. The third kappa shape index (κ3) is 6.68. The summed E-state index contributed by atoms with van der Waals surface area (Å²) in [7, 11) is 1.31. The van der Waals surface area contributed by atoms with Gasteiger partial charge in [-0.05, 0) is 53.4 Å². The van der Waals surface area contributed by atoms with E-state index in [2.05, 4.69) is 6.58 Å². The van der Waals surface area contributed by atoms with Gasteiger partial charge in [-0.25, -0.2) is 0 Å². The van der Waals surface area contributed by atoms with E-state index in [1.807, 2.05) is 27.7 Å². The lowest BCUT2D eigenvalue weighted by Gasteiger charge is -2.29. The lowest BCUT2D eigenvalue weighted by atomic mass is 9.78. The highest BCUT2D eigenvalue weighted by Crippen LogP contribution is 2.55. The molecule has 1 unspecified atom stereocenters. The number of Topliss-reactive ketones (excluding diaryl/α,β-unsaturated/α-hetero) is 2. The van der Waals surface area contributed by atoms with Crippen molar-refractivity contribution in [2.75, 3.05) is 7.11 Å². The maximum atomic E-state index is 12.8. The van der Waals surface area contributed by atoms with Crippen LogP contribution in [0.4, 0.5) is 0 Å². The summed E-state index contributed by atoms with van der Waals surface area (Å²) >= 11 is 0. The first-order chi connectivity index (χ1) is 19.0. The fraction of sp³-hybridized carbons (Fsp3) is 0.438. The number of carbonyl (C=O) groups excluding carboxylic acids is 2. The van der Waals surface area contributed by atoms with E-state index in [4.69, 9.17) is 4.74 Å². The monoisotopic (exact) mass is 570 g/mol. The molecule has 0 radical (unpaired) electrons. The lowest BCUT2D eigenvalue weighted by Crippen LogP contribution is -2.15. The standard InChI is InChI=1S/C32H42O9/c1-14(2)10-11-19-27(36)25(31(40)24(18(8)34)32(19)41-9)20(12-15(3)4)26-29(38)21(13-22(35)16(5)6)28(37)23(17(7)33)30(26)39/h10,15,20,22,35-40H,5,11-13H2,1-4,6-9H3/t20?,22-/m0/s1. The Morgan fingerprint density at radius 1 is 0.805 bits per heavy atom. The average molecular weight is 571 g/mol. The second-order valence-electron chi connectivity index (χ2n) is 11.2. The van der Waals surface area contributed by atoms with Crippen molar-refractivity contribution in [3.8, 4) is 34.5 Å². The summed E-state index contributed by atoms with van der Waals surface area (Å²) in [5.74, 6) is -5.65. The number of benzene rings is 2. The van der Waals surface area contributed by atoms with E-state index < -0.39 is 57.9 Å². The number of aromatic hydroxyl groups is 5. The molecule has 0 spiro atoms. The summed E-state index contributed by atoms with van der Waals surface area (Å²) < 4.78 is 5.47. The Bertz CT molecular complexity index is 1400. The summed E-state index contributed by atoms with van der Waals surface area (Å²) in [5.41, 5.74) is 0.183. The number of hydrogen-bond donors (Lipinski definition) is 6. The zero-order valence-corrected chi connectivity index (χ0v) is 25.0. The number of ketones is 2. The largest absolute Gasteiger partial charge is 0.507 e. The molecule has 9 nitrogen and oxygen atoms in total. The van der Waals surface area contributed by atoms with Crippen LogP contribution in [0.25, 0.3) is 0 Å². The summed E-state index contributed by atoms with van der Waals surface area (Å²) in [4.78, 5) is 25.4. The van der Waals surface area contributed by atoms with Crippen LogP contribution in [0.3, 0.4) is 0 Å². The van der Waals surface area contributed by atoms with Gasteiger partial charge in [-0.2, -0.15) is 0 Å². The molecule has 0 saturated heterocycles. The molecule has 0 aliphatic heterocycles. The Hall–Kier alpha value is -3.98. The van der Waals surface area contributed by atoms with E-state index in [1.54, 1.807) is 13.0 Å². The Balaban J connectivity index is 3.19. The van der Waals surface area contributed by atoms with Gasteiger partial charge >= 0.3 is 0 Å².